The molecule has 138 valence electrons. The molecule has 6 heteroatoms. The Bertz CT molecular complexity index is 667. The highest BCUT2D eigenvalue weighted by atomic mass is 16.2. The number of amides is 1. The van der Waals surface area contributed by atoms with E-state index in [0.29, 0.717) is 0 Å². The second-order valence-electron chi connectivity index (χ2n) is 7.07. The average molecular weight is 353 g/mol. The minimum absolute atomic E-state index is 0.147. The first kappa shape index (κ1) is 18.2. The van der Waals surface area contributed by atoms with Crippen LogP contribution in [0.1, 0.15) is 32.1 Å². The van der Waals surface area contributed by atoms with E-state index in [2.05, 4.69) is 20.9 Å². The van der Waals surface area contributed by atoms with Crippen molar-refractivity contribution in [2.45, 2.75) is 38.1 Å². The number of aromatic nitrogens is 1. The van der Waals surface area contributed by atoms with E-state index < -0.39 is 0 Å². The van der Waals surface area contributed by atoms with Crippen molar-refractivity contribution in [1.82, 2.24) is 14.8 Å². The summed E-state index contributed by atoms with van der Waals surface area (Å²) in [7, 11) is 1.84. The van der Waals surface area contributed by atoms with Gasteiger partial charge in [-0.2, -0.15) is 5.26 Å². The quantitative estimate of drug-likeness (QED) is 0.614. The SMILES string of the molecule is CN(C(=O)/C(C#N)=C\N1CCN(c2ccccn2)CC1)C1CCCCC1. The van der Waals surface area contributed by atoms with Gasteiger partial charge in [0.25, 0.3) is 5.91 Å². The van der Waals surface area contributed by atoms with Crippen LogP contribution in [0.4, 0.5) is 5.82 Å². The standard InChI is InChI=1S/C20H27N5O/c1-23(18-7-3-2-4-8-18)20(26)17(15-21)16-24-11-13-25(14-12-24)19-9-5-6-10-22-19/h5-6,9-10,16,18H,2-4,7-8,11-14H2,1H3/b17-16-. The molecule has 0 atom stereocenters. The van der Waals surface area contributed by atoms with Gasteiger partial charge in [0.05, 0.1) is 0 Å². The minimum atomic E-state index is -0.147. The molecule has 1 aromatic rings. The van der Waals surface area contributed by atoms with E-state index in [0.717, 1.165) is 44.8 Å². The van der Waals surface area contributed by atoms with Gasteiger partial charge in [-0.3, -0.25) is 4.79 Å². The Kier molecular flexibility index (Phi) is 6.11. The van der Waals surface area contributed by atoms with Crippen LogP contribution in [-0.2, 0) is 4.79 Å². The van der Waals surface area contributed by atoms with Gasteiger partial charge in [0, 0.05) is 51.7 Å². The van der Waals surface area contributed by atoms with Crippen LogP contribution < -0.4 is 4.90 Å². The molecule has 1 aliphatic heterocycles. The number of nitriles is 1. The molecule has 1 saturated heterocycles. The zero-order valence-electron chi connectivity index (χ0n) is 15.5. The summed E-state index contributed by atoms with van der Waals surface area (Å²) in [5.41, 5.74) is 0.240. The van der Waals surface area contributed by atoms with Crippen molar-refractivity contribution >= 4 is 11.7 Å². The maximum atomic E-state index is 12.7. The number of nitrogens with zero attached hydrogens (tertiary/aromatic N) is 5. The van der Waals surface area contributed by atoms with Crippen molar-refractivity contribution in [3.8, 4) is 6.07 Å². The molecule has 0 unspecified atom stereocenters. The number of carbonyl (C=O) groups excluding carboxylic acids is 1. The van der Waals surface area contributed by atoms with Crippen LogP contribution in [0.25, 0.3) is 0 Å². The van der Waals surface area contributed by atoms with Crippen LogP contribution in [0.5, 0.6) is 0 Å². The summed E-state index contributed by atoms with van der Waals surface area (Å²) < 4.78 is 0. The van der Waals surface area contributed by atoms with Crippen LogP contribution in [0.3, 0.4) is 0 Å². The lowest BCUT2D eigenvalue weighted by Crippen LogP contribution is -2.45. The van der Waals surface area contributed by atoms with Crippen LogP contribution in [0.15, 0.2) is 36.2 Å². The van der Waals surface area contributed by atoms with E-state index in [4.69, 9.17) is 0 Å². The molecule has 1 aromatic heterocycles. The molecule has 0 N–H and O–H groups in total. The number of likely N-dealkylation sites (N-methyl/N-ethyl adjacent to an activating group) is 1. The Hall–Kier alpha value is -2.55. The van der Waals surface area contributed by atoms with Crippen LogP contribution in [0.2, 0.25) is 0 Å². The summed E-state index contributed by atoms with van der Waals surface area (Å²) in [5, 5.41) is 9.49. The molecule has 0 bridgehead atoms. The molecule has 2 heterocycles. The molecule has 1 aliphatic carbocycles. The van der Waals surface area contributed by atoms with E-state index in [1.165, 1.54) is 19.3 Å². The van der Waals surface area contributed by atoms with Crippen molar-refractivity contribution in [3.63, 3.8) is 0 Å². The fraction of sp³-hybridized carbons (Fsp3) is 0.550. The Morgan fingerprint density at radius 1 is 1.23 bits per heavy atom. The zero-order chi connectivity index (χ0) is 18.4. The van der Waals surface area contributed by atoms with Crippen molar-refractivity contribution in [2.24, 2.45) is 0 Å². The fourth-order valence-electron chi connectivity index (χ4n) is 3.76. The molecular formula is C20H27N5O. The predicted molar refractivity (Wildman–Crippen MR) is 101 cm³/mol. The monoisotopic (exact) mass is 353 g/mol. The Morgan fingerprint density at radius 3 is 2.58 bits per heavy atom. The zero-order valence-corrected chi connectivity index (χ0v) is 15.5. The largest absolute Gasteiger partial charge is 0.373 e. The molecule has 6 nitrogen and oxygen atoms in total. The van der Waals surface area contributed by atoms with E-state index in [9.17, 15) is 10.1 Å². The highest BCUT2D eigenvalue weighted by molar-refractivity contribution is 5.97. The molecule has 0 radical (unpaired) electrons. The number of hydrogen-bond donors (Lipinski definition) is 0. The smallest absolute Gasteiger partial charge is 0.265 e. The third kappa shape index (κ3) is 4.34. The lowest BCUT2D eigenvalue weighted by atomic mass is 9.94. The molecule has 0 spiro atoms. The van der Waals surface area contributed by atoms with Gasteiger partial charge in [0.15, 0.2) is 0 Å². The molecule has 1 saturated carbocycles. The summed E-state index contributed by atoms with van der Waals surface area (Å²) in [5.74, 6) is 0.830. The lowest BCUT2D eigenvalue weighted by Gasteiger charge is -2.35. The van der Waals surface area contributed by atoms with Gasteiger partial charge in [-0.1, -0.05) is 25.3 Å². The van der Waals surface area contributed by atoms with Gasteiger partial charge in [0.2, 0.25) is 0 Å². The van der Waals surface area contributed by atoms with Crippen molar-refractivity contribution in [1.29, 1.82) is 5.26 Å². The Balaban J connectivity index is 1.59. The second kappa shape index (κ2) is 8.70. The molecule has 26 heavy (non-hydrogen) atoms. The molecule has 0 aromatic carbocycles. The number of hydrogen-bond acceptors (Lipinski definition) is 5. The first-order valence-corrected chi connectivity index (χ1v) is 9.48. The Morgan fingerprint density at radius 2 is 1.96 bits per heavy atom. The molecular weight excluding hydrogens is 326 g/mol. The first-order valence-electron chi connectivity index (χ1n) is 9.48. The topological polar surface area (TPSA) is 63.5 Å². The van der Waals surface area contributed by atoms with E-state index in [1.54, 1.807) is 17.3 Å². The molecule has 2 aliphatic rings. The van der Waals surface area contributed by atoms with Crippen LogP contribution in [-0.4, -0.2) is 60.0 Å². The third-order valence-corrected chi connectivity index (χ3v) is 5.39. The summed E-state index contributed by atoms with van der Waals surface area (Å²) in [6.45, 7) is 3.22. The summed E-state index contributed by atoms with van der Waals surface area (Å²) in [6.07, 6.45) is 9.23. The van der Waals surface area contributed by atoms with Gasteiger partial charge < -0.3 is 14.7 Å². The van der Waals surface area contributed by atoms with Crippen LogP contribution in [0, 0.1) is 11.3 Å². The fourth-order valence-corrected chi connectivity index (χ4v) is 3.76. The van der Waals surface area contributed by atoms with Gasteiger partial charge >= 0.3 is 0 Å². The van der Waals surface area contributed by atoms with Gasteiger partial charge in [0.1, 0.15) is 17.5 Å². The second-order valence-corrected chi connectivity index (χ2v) is 7.07. The number of piperazine rings is 1. The van der Waals surface area contributed by atoms with Gasteiger partial charge in [-0.25, -0.2) is 4.98 Å². The van der Waals surface area contributed by atoms with Gasteiger partial charge in [-0.05, 0) is 25.0 Å². The number of carbonyl (C=O) groups is 1. The maximum Gasteiger partial charge on any atom is 0.265 e. The predicted octanol–water partition coefficient (Wildman–Crippen LogP) is 2.40. The number of pyridine rings is 1. The Labute approximate surface area is 155 Å². The van der Waals surface area contributed by atoms with E-state index >= 15 is 0 Å². The number of anilines is 1. The highest BCUT2D eigenvalue weighted by Gasteiger charge is 2.25. The lowest BCUT2D eigenvalue weighted by molar-refractivity contribution is -0.128. The maximum absolute atomic E-state index is 12.7. The van der Waals surface area contributed by atoms with Crippen molar-refractivity contribution < 1.29 is 4.79 Å². The first-order chi connectivity index (χ1) is 12.7. The molecule has 2 fully saturated rings. The highest BCUT2D eigenvalue weighted by Crippen LogP contribution is 2.23. The minimum Gasteiger partial charge on any atom is -0.373 e. The van der Waals surface area contributed by atoms with Crippen molar-refractivity contribution in [2.75, 3.05) is 38.1 Å². The van der Waals surface area contributed by atoms with Crippen LogP contribution >= 0.6 is 0 Å². The van der Waals surface area contributed by atoms with E-state index in [1.807, 2.05) is 25.2 Å². The molecule has 3 rings (SSSR count). The van der Waals surface area contributed by atoms with Crippen molar-refractivity contribution in [3.05, 3.63) is 36.2 Å². The van der Waals surface area contributed by atoms with Gasteiger partial charge in [-0.15, -0.1) is 0 Å². The summed E-state index contributed by atoms with van der Waals surface area (Å²) >= 11 is 0. The normalized spacial score (nSPS) is 19.2. The number of rotatable bonds is 4. The molecule has 1 amide bonds. The summed E-state index contributed by atoms with van der Waals surface area (Å²) in [4.78, 5) is 23.2. The third-order valence-electron chi connectivity index (χ3n) is 5.39. The summed E-state index contributed by atoms with van der Waals surface area (Å²) in [6, 6.07) is 8.30. The average Bonchev–Trinajstić information content (AvgIpc) is 2.72. The van der Waals surface area contributed by atoms with E-state index in [-0.39, 0.29) is 17.5 Å².